The number of nitrogens with zero attached hydrogens (tertiary/aromatic N) is 2. The average Bonchev–Trinajstić information content (AvgIpc) is 3.15. The normalized spacial score (nSPS) is 16.2. The van der Waals surface area contributed by atoms with Gasteiger partial charge in [-0.1, -0.05) is 0 Å². The summed E-state index contributed by atoms with van der Waals surface area (Å²) in [5, 5.41) is 0. The van der Waals surface area contributed by atoms with Gasteiger partial charge in [-0.05, 0) is 55.0 Å². The molecule has 2 aliphatic heterocycles. The van der Waals surface area contributed by atoms with Crippen molar-refractivity contribution in [3.05, 3.63) is 59.2 Å². The molecule has 2 aromatic rings. The fourth-order valence-corrected chi connectivity index (χ4v) is 3.58. The molecule has 134 valence electrons. The maximum atomic E-state index is 12.8. The summed E-state index contributed by atoms with van der Waals surface area (Å²) in [6.07, 6.45) is 0.875. The van der Waals surface area contributed by atoms with Gasteiger partial charge in [-0.2, -0.15) is 0 Å². The third-order valence-corrected chi connectivity index (χ3v) is 5.14. The lowest BCUT2D eigenvalue weighted by Crippen LogP contribution is -2.48. The third-order valence-electron chi connectivity index (χ3n) is 5.14. The van der Waals surface area contributed by atoms with Crippen LogP contribution in [0.25, 0.3) is 0 Å². The van der Waals surface area contributed by atoms with Gasteiger partial charge in [0.25, 0.3) is 5.91 Å². The molecule has 2 aliphatic rings. The monoisotopic (exact) mass is 350 g/mol. The predicted octanol–water partition coefficient (Wildman–Crippen LogP) is 2.79. The molecule has 2 heterocycles. The van der Waals surface area contributed by atoms with Gasteiger partial charge in [-0.3, -0.25) is 9.59 Å². The second-order valence-corrected chi connectivity index (χ2v) is 6.80. The molecular weight excluding hydrogens is 328 g/mol. The van der Waals surface area contributed by atoms with Crippen LogP contribution in [0.3, 0.4) is 0 Å². The van der Waals surface area contributed by atoms with Gasteiger partial charge in [-0.15, -0.1) is 0 Å². The smallest absolute Gasteiger partial charge is 0.253 e. The molecule has 5 nitrogen and oxygen atoms in total. The summed E-state index contributed by atoms with van der Waals surface area (Å²) in [6.45, 7) is 5.25. The molecule has 4 rings (SSSR count). The zero-order chi connectivity index (χ0) is 18.1. The Labute approximate surface area is 153 Å². The number of ether oxygens (including phenoxy) is 1. The van der Waals surface area contributed by atoms with Crippen molar-refractivity contribution in [3.63, 3.8) is 0 Å². The molecule has 1 saturated heterocycles. The lowest BCUT2D eigenvalue weighted by Gasteiger charge is -2.36. The molecule has 0 atom stereocenters. The number of amides is 1. The summed E-state index contributed by atoms with van der Waals surface area (Å²) in [6, 6.07) is 13.4. The second-order valence-electron chi connectivity index (χ2n) is 6.80. The maximum Gasteiger partial charge on any atom is 0.253 e. The number of fused-ring (bicyclic) bond motifs is 1. The van der Waals surface area contributed by atoms with Crippen molar-refractivity contribution in [1.29, 1.82) is 0 Å². The number of piperazine rings is 1. The highest BCUT2D eigenvalue weighted by Crippen LogP contribution is 2.26. The Hall–Kier alpha value is -2.82. The highest BCUT2D eigenvalue weighted by molar-refractivity contribution is 5.95. The van der Waals surface area contributed by atoms with Crippen LogP contribution >= 0.6 is 0 Å². The van der Waals surface area contributed by atoms with Gasteiger partial charge in [0.15, 0.2) is 5.78 Å². The quantitative estimate of drug-likeness (QED) is 0.799. The number of benzene rings is 2. The highest BCUT2D eigenvalue weighted by Gasteiger charge is 2.23. The lowest BCUT2D eigenvalue weighted by atomic mass is 10.1. The first-order valence-electron chi connectivity index (χ1n) is 9.03. The Kier molecular flexibility index (Phi) is 4.37. The molecule has 26 heavy (non-hydrogen) atoms. The number of anilines is 1. The van der Waals surface area contributed by atoms with E-state index in [0.717, 1.165) is 47.6 Å². The minimum Gasteiger partial charge on any atom is -0.493 e. The van der Waals surface area contributed by atoms with Crippen molar-refractivity contribution in [1.82, 2.24) is 4.90 Å². The zero-order valence-corrected chi connectivity index (χ0v) is 14.9. The molecule has 0 spiro atoms. The predicted molar refractivity (Wildman–Crippen MR) is 100 cm³/mol. The molecule has 0 N–H and O–H groups in total. The topological polar surface area (TPSA) is 49.9 Å². The summed E-state index contributed by atoms with van der Waals surface area (Å²) < 4.78 is 5.51. The molecule has 2 aromatic carbocycles. The second kappa shape index (κ2) is 6.83. The summed E-state index contributed by atoms with van der Waals surface area (Å²) in [7, 11) is 0. The zero-order valence-electron chi connectivity index (χ0n) is 14.9. The maximum absolute atomic E-state index is 12.8. The number of hydrogen-bond acceptors (Lipinski definition) is 4. The van der Waals surface area contributed by atoms with Crippen molar-refractivity contribution in [3.8, 4) is 5.75 Å². The number of ketones is 1. The van der Waals surface area contributed by atoms with Crippen LogP contribution in [0.2, 0.25) is 0 Å². The van der Waals surface area contributed by atoms with E-state index in [0.29, 0.717) is 19.7 Å². The first-order chi connectivity index (χ1) is 12.6. The molecule has 0 saturated carbocycles. The van der Waals surface area contributed by atoms with E-state index in [-0.39, 0.29) is 11.7 Å². The first kappa shape index (κ1) is 16.6. The van der Waals surface area contributed by atoms with E-state index >= 15 is 0 Å². The average molecular weight is 350 g/mol. The van der Waals surface area contributed by atoms with Gasteiger partial charge in [0.05, 0.1) is 6.61 Å². The van der Waals surface area contributed by atoms with E-state index in [9.17, 15) is 9.59 Å². The van der Waals surface area contributed by atoms with Gasteiger partial charge < -0.3 is 14.5 Å². The van der Waals surface area contributed by atoms with Crippen LogP contribution in [-0.4, -0.2) is 49.4 Å². The summed E-state index contributed by atoms with van der Waals surface area (Å²) in [5.41, 5.74) is 3.69. The number of hydrogen-bond donors (Lipinski definition) is 0. The van der Waals surface area contributed by atoms with Crippen LogP contribution < -0.4 is 9.64 Å². The number of rotatable bonds is 3. The van der Waals surface area contributed by atoms with Crippen LogP contribution in [0.1, 0.15) is 33.2 Å². The lowest BCUT2D eigenvalue weighted by molar-refractivity contribution is 0.0746. The van der Waals surface area contributed by atoms with E-state index in [1.807, 2.05) is 47.4 Å². The van der Waals surface area contributed by atoms with E-state index in [1.165, 1.54) is 0 Å². The third kappa shape index (κ3) is 3.17. The van der Waals surface area contributed by atoms with Crippen LogP contribution in [0, 0.1) is 0 Å². The van der Waals surface area contributed by atoms with Crippen molar-refractivity contribution in [2.45, 2.75) is 13.3 Å². The van der Waals surface area contributed by atoms with Crippen LogP contribution in [-0.2, 0) is 6.42 Å². The van der Waals surface area contributed by atoms with E-state index in [2.05, 4.69) is 4.90 Å². The minimum atomic E-state index is 0.0757. The van der Waals surface area contributed by atoms with Crippen molar-refractivity contribution in [2.75, 3.05) is 37.7 Å². The molecule has 1 amide bonds. The van der Waals surface area contributed by atoms with Crippen LogP contribution in [0.5, 0.6) is 5.75 Å². The molecular formula is C21H22N2O3. The van der Waals surface area contributed by atoms with Crippen LogP contribution in [0.15, 0.2) is 42.5 Å². The Morgan fingerprint density at radius 2 is 1.62 bits per heavy atom. The van der Waals surface area contributed by atoms with Crippen molar-refractivity contribution in [2.24, 2.45) is 0 Å². The SMILES string of the molecule is CC(=O)c1ccc(N2CCN(C(=O)c3ccc4c(c3)CCO4)CC2)cc1. The highest BCUT2D eigenvalue weighted by atomic mass is 16.5. The standard InChI is InChI=1S/C21H22N2O3/c1-15(24)16-2-5-19(6-3-16)22-9-11-23(12-10-22)21(25)18-4-7-20-17(14-18)8-13-26-20/h2-7,14H,8-13H2,1H3. The number of Topliss-reactive ketones (excluding diaryl/α,β-unsaturated/α-hetero) is 1. The van der Waals surface area contributed by atoms with Crippen molar-refractivity contribution >= 4 is 17.4 Å². The fourth-order valence-electron chi connectivity index (χ4n) is 3.58. The minimum absolute atomic E-state index is 0.0757. The molecule has 0 aliphatic carbocycles. The molecule has 1 fully saturated rings. The largest absolute Gasteiger partial charge is 0.493 e. The Bertz CT molecular complexity index is 837. The van der Waals surface area contributed by atoms with E-state index < -0.39 is 0 Å². The first-order valence-corrected chi connectivity index (χ1v) is 9.03. The number of carbonyl (C=O) groups is 2. The van der Waals surface area contributed by atoms with Gasteiger partial charge in [0.2, 0.25) is 0 Å². The fraction of sp³-hybridized carbons (Fsp3) is 0.333. The Morgan fingerprint density at radius 3 is 2.31 bits per heavy atom. The Morgan fingerprint density at radius 1 is 0.923 bits per heavy atom. The van der Waals surface area contributed by atoms with Gasteiger partial charge in [0, 0.05) is 49.4 Å². The Balaban J connectivity index is 1.40. The summed E-state index contributed by atoms with van der Waals surface area (Å²) >= 11 is 0. The molecule has 5 heteroatoms. The molecule has 0 bridgehead atoms. The van der Waals surface area contributed by atoms with Gasteiger partial charge >= 0.3 is 0 Å². The molecule has 0 unspecified atom stereocenters. The van der Waals surface area contributed by atoms with Crippen LogP contribution in [0.4, 0.5) is 5.69 Å². The van der Waals surface area contributed by atoms with E-state index in [1.54, 1.807) is 6.92 Å². The summed E-state index contributed by atoms with van der Waals surface area (Å²) in [4.78, 5) is 28.4. The molecule has 0 aromatic heterocycles. The number of carbonyl (C=O) groups excluding carboxylic acids is 2. The van der Waals surface area contributed by atoms with Crippen molar-refractivity contribution < 1.29 is 14.3 Å². The molecule has 0 radical (unpaired) electrons. The van der Waals surface area contributed by atoms with Gasteiger partial charge in [0.1, 0.15) is 5.75 Å². The summed E-state index contributed by atoms with van der Waals surface area (Å²) in [5.74, 6) is 1.07. The van der Waals surface area contributed by atoms with E-state index in [4.69, 9.17) is 4.74 Å². The van der Waals surface area contributed by atoms with Gasteiger partial charge in [-0.25, -0.2) is 0 Å².